The Morgan fingerprint density at radius 1 is 0.821 bits per heavy atom. The standard InChI is InChI=1S/C19H38O7P2/c1-2-3-4-5-6-7-8-9-10-11-12-13-14-15-16-17-18-26-28(24,25)19(20)27(21,22)23/h17-18,21-23H,2-16H2,1H3/p+1. The molecule has 0 heterocycles. The molecule has 0 aromatic carbocycles. The maximum Gasteiger partial charge on any atom is 0.493 e. The van der Waals surface area contributed by atoms with Gasteiger partial charge in [0.05, 0.1) is 6.26 Å². The van der Waals surface area contributed by atoms with Gasteiger partial charge in [0.1, 0.15) is 0 Å². The van der Waals surface area contributed by atoms with Gasteiger partial charge >= 0.3 is 20.8 Å². The van der Waals surface area contributed by atoms with Crippen molar-refractivity contribution >= 4 is 20.8 Å². The lowest BCUT2D eigenvalue weighted by molar-refractivity contribution is 0.247. The second-order valence-electron chi connectivity index (χ2n) is 7.23. The number of hydrogen-bond acceptors (Lipinski definition) is 6. The minimum absolute atomic E-state index is 0.629. The molecule has 9 heteroatoms. The summed E-state index contributed by atoms with van der Waals surface area (Å²) < 4.78 is 15.8. The van der Waals surface area contributed by atoms with Gasteiger partial charge < -0.3 is 9.42 Å². The average Bonchev–Trinajstić information content (AvgIpc) is 2.62. The van der Waals surface area contributed by atoms with E-state index in [4.69, 9.17) is 14.7 Å². The molecule has 0 rings (SSSR count). The van der Waals surface area contributed by atoms with Crippen molar-refractivity contribution in [3.8, 4) is 0 Å². The third-order valence-corrected chi connectivity index (χ3v) is 7.49. The Hall–Kier alpha value is -0.290. The molecule has 4 N–H and O–H groups in total. The fourth-order valence-corrected chi connectivity index (χ4v) is 4.70. The molecule has 0 amide bonds. The number of carbonyl (C=O) groups is 1. The summed E-state index contributed by atoms with van der Waals surface area (Å²) in [6.07, 6.45) is 20.7. The van der Waals surface area contributed by atoms with E-state index in [-0.39, 0.29) is 0 Å². The van der Waals surface area contributed by atoms with Crippen LogP contribution in [0.1, 0.15) is 103 Å². The van der Waals surface area contributed by atoms with E-state index < -0.39 is 20.8 Å². The SMILES string of the molecule is CCCCCCCCCCCCCCCCC=COP(=O)(O)C(=O)[P+](O)(O)O. The molecular weight excluding hydrogens is 402 g/mol. The molecule has 0 radical (unpaired) electrons. The Morgan fingerprint density at radius 2 is 1.21 bits per heavy atom. The molecule has 0 bridgehead atoms. The summed E-state index contributed by atoms with van der Waals surface area (Å²) in [6.45, 7) is 2.24. The predicted molar refractivity (Wildman–Crippen MR) is 114 cm³/mol. The second kappa shape index (κ2) is 16.5. The Labute approximate surface area is 170 Å². The highest BCUT2D eigenvalue weighted by molar-refractivity contribution is 8.00. The van der Waals surface area contributed by atoms with Crippen molar-refractivity contribution in [2.45, 2.75) is 103 Å². The quantitative estimate of drug-likeness (QED) is 0.103. The molecule has 0 fully saturated rings. The molecule has 0 saturated carbocycles. The van der Waals surface area contributed by atoms with E-state index in [1.54, 1.807) is 0 Å². The first kappa shape index (κ1) is 27.7. The maximum absolute atomic E-state index is 11.4. The average molecular weight is 441 g/mol. The molecule has 0 spiro atoms. The largest absolute Gasteiger partial charge is 0.493 e. The first-order valence-corrected chi connectivity index (χ1v) is 13.7. The summed E-state index contributed by atoms with van der Waals surface area (Å²) in [7, 11) is -9.95. The van der Waals surface area contributed by atoms with Gasteiger partial charge in [-0.2, -0.15) is 14.7 Å². The first-order valence-electron chi connectivity index (χ1n) is 10.5. The van der Waals surface area contributed by atoms with Gasteiger partial charge in [0.2, 0.25) is 0 Å². The molecule has 0 aliphatic rings. The lowest BCUT2D eigenvalue weighted by Crippen LogP contribution is -2.04. The zero-order valence-corrected chi connectivity index (χ0v) is 19.0. The fourth-order valence-electron chi connectivity index (χ4n) is 2.86. The van der Waals surface area contributed by atoms with Crippen LogP contribution >= 0.6 is 15.5 Å². The number of unbranched alkanes of at least 4 members (excludes halogenated alkanes) is 14. The van der Waals surface area contributed by atoms with Crippen LogP contribution < -0.4 is 0 Å². The minimum atomic E-state index is -5.03. The van der Waals surface area contributed by atoms with Crippen LogP contribution in [0, 0.1) is 0 Å². The van der Waals surface area contributed by atoms with Crippen molar-refractivity contribution in [1.82, 2.24) is 0 Å². The van der Waals surface area contributed by atoms with Crippen LogP contribution in [0.5, 0.6) is 0 Å². The molecule has 0 aliphatic heterocycles. The summed E-state index contributed by atoms with van der Waals surface area (Å²) in [5.74, 6) is 0. The third-order valence-electron chi connectivity index (χ3n) is 4.52. The van der Waals surface area contributed by atoms with Crippen molar-refractivity contribution in [2.75, 3.05) is 0 Å². The Balaban J connectivity index is 3.47. The first-order chi connectivity index (χ1) is 13.2. The van der Waals surface area contributed by atoms with E-state index in [0.29, 0.717) is 6.42 Å². The monoisotopic (exact) mass is 441 g/mol. The topological polar surface area (TPSA) is 124 Å². The molecule has 1 atom stereocenters. The van der Waals surface area contributed by atoms with Gasteiger partial charge in [-0.25, -0.2) is 9.36 Å². The van der Waals surface area contributed by atoms with E-state index in [9.17, 15) is 14.3 Å². The lowest BCUT2D eigenvalue weighted by atomic mass is 10.0. The number of allylic oxidation sites excluding steroid dienone is 1. The van der Waals surface area contributed by atoms with E-state index in [0.717, 1.165) is 25.5 Å². The summed E-state index contributed by atoms with van der Waals surface area (Å²) in [5, 5.41) is -1.97. The highest BCUT2D eigenvalue weighted by atomic mass is 31.3. The molecule has 7 nitrogen and oxygen atoms in total. The Kier molecular flexibility index (Phi) is 16.3. The molecule has 0 aliphatic carbocycles. The van der Waals surface area contributed by atoms with Crippen molar-refractivity contribution in [1.29, 1.82) is 0 Å². The van der Waals surface area contributed by atoms with E-state index in [1.807, 2.05) is 0 Å². The van der Waals surface area contributed by atoms with Crippen LogP contribution in [0.25, 0.3) is 0 Å². The highest BCUT2D eigenvalue weighted by Crippen LogP contribution is 2.62. The Bertz CT molecular complexity index is 475. The molecular formula is C19H39O7P2+. The zero-order valence-electron chi connectivity index (χ0n) is 17.2. The zero-order chi connectivity index (χ0) is 21.3. The summed E-state index contributed by atoms with van der Waals surface area (Å²) in [6, 6.07) is 0. The van der Waals surface area contributed by atoms with E-state index in [2.05, 4.69) is 11.4 Å². The fraction of sp³-hybridized carbons (Fsp3) is 0.842. The van der Waals surface area contributed by atoms with Gasteiger partial charge in [-0.05, 0) is 18.9 Å². The normalized spacial score (nSPS) is 14.3. The molecule has 0 aromatic rings. The molecule has 166 valence electrons. The Morgan fingerprint density at radius 3 is 1.61 bits per heavy atom. The molecule has 1 unspecified atom stereocenters. The minimum Gasteiger partial charge on any atom is -0.425 e. The van der Waals surface area contributed by atoms with Crippen molar-refractivity contribution in [2.24, 2.45) is 0 Å². The van der Waals surface area contributed by atoms with E-state index >= 15 is 0 Å². The van der Waals surface area contributed by atoms with Crippen LogP contribution in [0.15, 0.2) is 12.3 Å². The van der Waals surface area contributed by atoms with Crippen LogP contribution in [0.3, 0.4) is 0 Å². The van der Waals surface area contributed by atoms with Gasteiger partial charge in [0.25, 0.3) is 0 Å². The number of carbonyl (C=O) groups excluding carboxylic acids is 1. The van der Waals surface area contributed by atoms with Crippen molar-refractivity contribution < 1.29 is 33.5 Å². The van der Waals surface area contributed by atoms with Crippen LogP contribution in [0.2, 0.25) is 0 Å². The molecule has 28 heavy (non-hydrogen) atoms. The lowest BCUT2D eigenvalue weighted by Gasteiger charge is -2.07. The summed E-state index contributed by atoms with van der Waals surface area (Å²) >= 11 is 0. The summed E-state index contributed by atoms with van der Waals surface area (Å²) in [4.78, 5) is 46.4. The van der Waals surface area contributed by atoms with Crippen LogP contribution in [-0.2, 0) is 9.09 Å². The maximum atomic E-state index is 11.4. The number of hydrogen-bond donors (Lipinski definition) is 4. The highest BCUT2D eigenvalue weighted by Gasteiger charge is 2.56. The van der Waals surface area contributed by atoms with Gasteiger partial charge in [-0.1, -0.05) is 90.4 Å². The van der Waals surface area contributed by atoms with Gasteiger partial charge in [0.15, 0.2) is 0 Å². The van der Waals surface area contributed by atoms with Crippen molar-refractivity contribution in [3.63, 3.8) is 0 Å². The van der Waals surface area contributed by atoms with Gasteiger partial charge in [-0.3, -0.25) is 0 Å². The summed E-state index contributed by atoms with van der Waals surface area (Å²) in [5.41, 5.74) is 0. The predicted octanol–water partition coefficient (Wildman–Crippen LogP) is 6.43. The van der Waals surface area contributed by atoms with Gasteiger partial charge in [0, 0.05) is 0 Å². The number of rotatable bonds is 19. The smallest absolute Gasteiger partial charge is 0.425 e. The second-order valence-corrected chi connectivity index (χ2v) is 10.8. The van der Waals surface area contributed by atoms with Gasteiger partial charge in [-0.15, -0.1) is 0 Å². The third kappa shape index (κ3) is 15.6. The molecule has 0 saturated heterocycles. The van der Waals surface area contributed by atoms with E-state index in [1.165, 1.54) is 76.7 Å². The van der Waals surface area contributed by atoms with Crippen molar-refractivity contribution in [3.05, 3.63) is 12.3 Å². The van der Waals surface area contributed by atoms with Crippen LogP contribution in [0.4, 0.5) is 4.79 Å². The van der Waals surface area contributed by atoms with Crippen LogP contribution in [-0.4, -0.2) is 24.8 Å². The molecule has 0 aromatic heterocycles.